The Morgan fingerprint density at radius 1 is 0.675 bits per heavy atom. The molecule has 40 heavy (non-hydrogen) atoms. The number of rotatable bonds is 14. The van der Waals surface area contributed by atoms with Crippen molar-refractivity contribution in [3.8, 4) is 19.5 Å². The van der Waals surface area contributed by atoms with Crippen molar-refractivity contribution in [2.24, 2.45) is 0 Å². The smallest absolute Gasteiger partial charge is 0.169 e. The molecule has 0 spiro atoms. The molecule has 0 saturated heterocycles. The van der Waals surface area contributed by atoms with E-state index in [2.05, 4.69) is 117 Å². The van der Waals surface area contributed by atoms with Crippen molar-refractivity contribution in [1.29, 1.82) is 0 Å². The summed E-state index contributed by atoms with van der Waals surface area (Å²) in [6.07, 6.45) is 10.1. The van der Waals surface area contributed by atoms with Crippen LogP contribution in [0.1, 0.15) is 51.5 Å². The van der Waals surface area contributed by atoms with Crippen molar-refractivity contribution in [2.45, 2.75) is 47.6 Å². The third-order valence-corrected chi connectivity index (χ3v) is 11.5. The van der Waals surface area contributed by atoms with Gasteiger partial charge < -0.3 is 43.3 Å². The molecule has 218 valence electrons. The van der Waals surface area contributed by atoms with E-state index < -0.39 is 0 Å². The standard InChI is InChI=1S/C32H43N3S3.2BrH/c1-6-34(7-2)32-19-18-31(38-32)30-17-16-29(37-30)28-15-14-27(36-28)13-12-26-20-23-33(24-21-26)22-11-25-35(8-3,9-4)10-5;;/h12-21,23-24H,6-11,22,25H2,1-5H3;2*1H/q+2;;/p-2. The summed E-state index contributed by atoms with van der Waals surface area (Å²) in [6, 6.07) is 18.0. The van der Waals surface area contributed by atoms with Gasteiger partial charge >= 0.3 is 0 Å². The predicted octanol–water partition coefficient (Wildman–Crippen LogP) is 2.78. The van der Waals surface area contributed by atoms with Crippen molar-refractivity contribution in [3.05, 3.63) is 71.4 Å². The lowest BCUT2D eigenvalue weighted by molar-refractivity contribution is -0.925. The quantitative estimate of drug-likeness (QED) is 0.144. The van der Waals surface area contributed by atoms with Crippen molar-refractivity contribution in [2.75, 3.05) is 44.2 Å². The van der Waals surface area contributed by atoms with Gasteiger partial charge in [0.1, 0.15) is 0 Å². The van der Waals surface area contributed by atoms with Crippen LogP contribution in [-0.2, 0) is 6.54 Å². The van der Waals surface area contributed by atoms with Gasteiger partial charge in [0.25, 0.3) is 0 Å². The van der Waals surface area contributed by atoms with Crippen LogP contribution in [0.5, 0.6) is 0 Å². The van der Waals surface area contributed by atoms with Gasteiger partial charge in [0.15, 0.2) is 18.9 Å². The van der Waals surface area contributed by atoms with Crippen LogP contribution in [0.2, 0.25) is 0 Å². The van der Waals surface area contributed by atoms with E-state index in [0.717, 1.165) is 19.6 Å². The van der Waals surface area contributed by atoms with Gasteiger partial charge in [-0.3, -0.25) is 0 Å². The molecule has 4 heterocycles. The molecular weight excluding hydrogens is 682 g/mol. The van der Waals surface area contributed by atoms with Crippen LogP contribution in [0, 0.1) is 0 Å². The summed E-state index contributed by atoms with van der Waals surface area (Å²) in [7, 11) is 0. The summed E-state index contributed by atoms with van der Waals surface area (Å²) in [6.45, 7) is 19.6. The molecule has 8 heteroatoms. The van der Waals surface area contributed by atoms with Crippen LogP contribution in [0.3, 0.4) is 0 Å². The third kappa shape index (κ3) is 8.85. The van der Waals surface area contributed by atoms with Crippen LogP contribution < -0.4 is 43.4 Å². The summed E-state index contributed by atoms with van der Waals surface area (Å²) < 4.78 is 3.55. The second-order valence-corrected chi connectivity index (χ2v) is 13.0. The zero-order chi connectivity index (χ0) is 27.0. The number of aromatic nitrogens is 1. The molecule has 0 unspecified atom stereocenters. The van der Waals surface area contributed by atoms with Crippen LogP contribution in [0.25, 0.3) is 31.7 Å². The Hall–Kier alpha value is -1.29. The van der Waals surface area contributed by atoms with Gasteiger partial charge in [-0.15, -0.1) is 34.0 Å². The molecule has 0 aliphatic heterocycles. The minimum absolute atomic E-state index is 0. The topological polar surface area (TPSA) is 7.12 Å². The van der Waals surface area contributed by atoms with Gasteiger partial charge in [-0.05, 0) is 82.7 Å². The maximum Gasteiger partial charge on any atom is 0.169 e. The van der Waals surface area contributed by atoms with Gasteiger partial charge in [0, 0.05) is 49.6 Å². The largest absolute Gasteiger partial charge is 1.00 e. The Kier molecular flexibility index (Phi) is 14.8. The van der Waals surface area contributed by atoms with E-state index in [0.29, 0.717) is 0 Å². The number of nitrogens with zero attached hydrogens (tertiary/aromatic N) is 3. The first-order valence-electron chi connectivity index (χ1n) is 14.1. The number of anilines is 1. The lowest BCUT2D eigenvalue weighted by Gasteiger charge is -2.35. The monoisotopic (exact) mass is 723 g/mol. The van der Waals surface area contributed by atoms with E-state index in [1.54, 1.807) is 0 Å². The number of thiophene rings is 3. The van der Waals surface area contributed by atoms with Crippen molar-refractivity contribution in [1.82, 2.24) is 0 Å². The Balaban J connectivity index is 0.00000280. The third-order valence-electron chi connectivity index (χ3n) is 7.80. The average molecular weight is 726 g/mol. The van der Waals surface area contributed by atoms with Crippen molar-refractivity contribution >= 4 is 51.2 Å². The summed E-state index contributed by atoms with van der Waals surface area (Å²) in [5.74, 6) is 0. The normalized spacial score (nSPS) is 11.4. The molecule has 4 rings (SSSR count). The van der Waals surface area contributed by atoms with E-state index in [1.807, 2.05) is 34.0 Å². The fourth-order valence-corrected chi connectivity index (χ4v) is 8.21. The van der Waals surface area contributed by atoms with Crippen LogP contribution in [0.4, 0.5) is 5.00 Å². The summed E-state index contributed by atoms with van der Waals surface area (Å²) in [4.78, 5) is 9.12. The highest BCUT2D eigenvalue weighted by Gasteiger charge is 2.20. The fraction of sp³-hybridized carbons (Fsp3) is 0.406. The number of halogens is 2. The summed E-state index contributed by atoms with van der Waals surface area (Å²) in [5.41, 5.74) is 1.25. The lowest BCUT2D eigenvalue weighted by Crippen LogP contribution is -3.00. The van der Waals surface area contributed by atoms with Crippen molar-refractivity contribution < 1.29 is 43.0 Å². The minimum atomic E-state index is 0. The Morgan fingerprint density at radius 3 is 1.82 bits per heavy atom. The molecule has 0 N–H and O–H groups in total. The first-order valence-corrected chi connectivity index (χ1v) is 16.6. The van der Waals surface area contributed by atoms with Crippen LogP contribution in [0.15, 0.2) is 60.9 Å². The predicted molar refractivity (Wildman–Crippen MR) is 171 cm³/mol. The second kappa shape index (κ2) is 17.0. The highest BCUT2D eigenvalue weighted by atomic mass is 79.9. The van der Waals surface area contributed by atoms with E-state index in [-0.39, 0.29) is 34.0 Å². The van der Waals surface area contributed by atoms with E-state index in [4.69, 9.17) is 0 Å². The number of quaternary nitrogens is 1. The number of aryl methyl sites for hydroxylation is 1. The average Bonchev–Trinajstić information content (AvgIpc) is 3.73. The summed E-state index contributed by atoms with van der Waals surface area (Å²) >= 11 is 5.66. The number of hydrogen-bond donors (Lipinski definition) is 0. The fourth-order valence-electron chi connectivity index (χ4n) is 4.98. The molecule has 0 radical (unpaired) electrons. The van der Waals surface area contributed by atoms with E-state index in [9.17, 15) is 0 Å². The molecule has 0 aliphatic carbocycles. The van der Waals surface area contributed by atoms with Gasteiger partial charge in [0.2, 0.25) is 0 Å². The van der Waals surface area contributed by atoms with Gasteiger partial charge in [0.05, 0.1) is 37.6 Å². The Labute approximate surface area is 274 Å². The highest BCUT2D eigenvalue weighted by molar-refractivity contribution is 7.27. The molecular formula is C32H43Br2N3S3. The molecule has 0 saturated carbocycles. The van der Waals surface area contributed by atoms with Crippen LogP contribution in [-0.4, -0.2) is 43.8 Å². The first kappa shape index (κ1) is 34.9. The maximum absolute atomic E-state index is 2.42. The molecule has 4 aromatic heterocycles. The Bertz CT molecular complexity index is 1290. The zero-order valence-electron chi connectivity index (χ0n) is 24.4. The highest BCUT2D eigenvalue weighted by Crippen LogP contribution is 2.41. The van der Waals surface area contributed by atoms with Gasteiger partial charge in [-0.1, -0.05) is 6.08 Å². The Morgan fingerprint density at radius 2 is 1.23 bits per heavy atom. The molecule has 0 amide bonds. The van der Waals surface area contributed by atoms with Crippen molar-refractivity contribution in [3.63, 3.8) is 0 Å². The maximum atomic E-state index is 2.42. The lowest BCUT2D eigenvalue weighted by atomic mass is 10.2. The molecule has 3 nitrogen and oxygen atoms in total. The number of hydrogen-bond acceptors (Lipinski definition) is 4. The summed E-state index contributed by atoms with van der Waals surface area (Å²) in [5, 5.41) is 1.36. The molecule has 0 atom stereocenters. The van der Waals surface area contributed by atoms with Gasteiger partial charge in [-0.2, -0.15) is 0 Å². The molecule has 0 fully saturated rings. The van der Waals surface area contributed by atoms with Crippen LogP contribution >= 0.6 is 34.0 Å². The zero-order valence-corrected chi connectivity index (χ0v) is 30.0. The minimum Gasteiger partial charge on any atom is -1.00 e. The molecule has 0 aromatic carbocycles. The van der Waals surface area contributed by atoms with E-state index >= 15 is 0 Å². The molecule has 0 aliphatic rings. The first-order chi connectivity index (χ1) is 18.5. The number of pyridine rings is 1. The molecule has 0 bridgehead atoms. The second-order valence-electron chi connectivity index (χ2n) is 9.75. The SMILES string of the molecule is CCN(CC)c1ccc(-c2ccc(-c3ccc(/C=C/c4cc[n+](CCC[N+](CC)(CC)CC)cc4)s3)s2)s1.[Br-].[Br-]. The van der Waals surface area contributed by atoms with Gasteiger partial charge in [-0.25, -0.2) is 4.57 Å². The van der Waals surface area contributed by atoms with E-state index in [1.165, 1.54) is 72.0 Å². The molecule has 4 aromatic rings.